The van der Waals surface area contributed by atoms with Crippen molar-refractivity contribution in [3.63, 3.8) is 0 Å². The molecule has 0 unspecified atom stereocenters. The molecule has 2 aromatic carbocycles. The predicted molar refractivity (Wildman–Crippen MR) is 129 cm³/mol. The minimum absolute atomic E-state index is 0.229. The Labute approximate surface area is 193 Å². The van der Waals surface area contributed by atoms with Crippen molar-refractivity contribution in [2.45, 2.75) is 13.3 Å². The summed E-state index contributed by atoms with van der Waals surface area (Å²) in [5.41, 5.74) is 0.432. The molecule has 1 saturated heterocycles. The fraction of sp³-hybridized carbons (Fsp3) is 0.400. The molecular formula is C25H31N5O3. The van der Waals surface area contributed by atoms with E-state index in [1.54, 1.807) is 43.5 Å². The summed E-state index contributed by atoms with van der Waals surface area (Å²) in [6.45, 7) is 9.13. The molecule has 0 spiro atoms. The number of fused-ring (bicyclic) bond motifs is 1. The van der Waals surface area contributed by atoms with Crippen LogP contribution in [-0.2, 0) is 0 Å². The number of likely N-dealkylation sites (N-methyl/N-ethyl adjacent to an activating group) is 1. The number of amides is 1. The van der Waals surface area contributed by atoms with Crippen molar-refractivity contribution >= 4 is 16.7 Å². The van der Waals surface area contributed by atoms with Crippen LogP contribution in [0.1, 0.15) is 23.8 Å². The highest BCUT2D eigenvalue weighted by atomic mass is 16.5. The number of carbonyl (C=O) groups excluding carboxylic acids is 1. The fourth-order valence-corrected chi connectivity index (χ4v) is 4.24. The second kappa shape index (κ2) is 10.6. The molecule has 4 rings (SSSR count). The molecule has 1 aromatic heterocycles. The lowest BCUT2D eigenvalue weighted by Crippen LogP contribution is -2.46. The van der Waals surface area contributed by atoms with Gasteiger partial charge in [-0.3, -0.25) is 9.59 Å². The first kappa shape index (κ1) is 22.9. The van der Waals surface area contributed by atoms with Crippen molar-refractivity contribution in [3.05, 3.63) is 64.6 Å². The van der Waals surface area contributed by atoms with Gasteiger partial charge < -0.3 is 19.9 Å². The van der Waals surface area contributed by atoms with Crippen LogP contribution in [0.15, 0.2) is 53.3 Å². The first-order valence-electron chi connectivity index (χ1n) is 11.5. The molecule has 8 nitrogen and oxygen atoms in total. The number of carbonyl (C=O) groups is 1. The van der Waals surface area contributed by atoms with E-state index in [0.717, 1.165) is 45.7 Å². The highest BCUT2D eigenvalue weighted by molar-refractivity contribution is 6.04. The van der Waals surface area contributed by atoms with Gasteiger partial charge in [-0.05, 0) is 37.7 Å². The van der Waals surface area contributed by atoms with Crippen LogP contribution in [0.25, 0.3) is 16.5 Å². The van der Waals surface area contributed by atoms with Gasteiger partial charge in [0.1, 0.15) is 11.4 Å². The zero-order valence-electron chi connectivity index (χ0n) is 19.3. The topological polar surface area (TPSA) is 79.7 Å². The summed E-state index contributed by atoms with van der Waals surface area (Å²) in [6.07, 6.45) is 0.863. The Bertz CT molecular complexity index is 1170. The summed E-state index contributed by atoms with van der Waals surface area (Å²) in [5, 5.41) is 8.44. The number of aromatic nitrogens is 2. The van der Waals surface area contributed by atoms with Crippen molar-refractivity contribution in [1.82, 2.24) is 24.9 Å². The molecule has 8 heteroatoms. The summed E-state index contributed by atoms with van der Waals surface area (Å²) >= 11 is 0. The molecule has 1 fully saturated rings. The second-order valence-corrected chi connectivity index (χ2v) is 8.17. The third kappa shape index (κ3) is 5.07. The molecule has 2 heterocycles. The van der Waals surface area contributed by atoms with E-state index in [-0.39, 0.29) is 17.2 Å². The highest BCUT2D eigenvalue weighted by Gasteiger charge is 2.19. The Hall–Kier alpha value is -3.23. The Kier molecular flexibility index (Phi) is 7.36. The van der Waals surface area contributed by atoms with E-state index in [4.69, 9.17) is 4.74 Å². The monoisotopic (exact) mass is 449 g/mol. The van der Waals surface area contributed by atoms with E-state index in [1.807, 2.05) is 12.1 Å². The number of hydrogen-bond acceptors (Lipinski definition) is 6. The van der Waals surface area contributed by atoms with Gasteiger partial charge in [0, 0.05) is 38.1 Å². The van der Waals surface area contributed by atoms with E-state index in [9.17, 15) is 9.59 Å². The van der Waals surface area contributed by atoms with Crippen molar-refractivity contribution in [2.24, 2.45) is 0 Å². The molecule has 1 N–H and O–H groups in total. The first-order chi connectivity index (χ1) is 16.1. The number of ether oxygens (including phenoxy) is 1. The lowest BCUT2D eigenvalue weighted by atomic mass is 10.1. The third-order valence-electron chi connectivity index (χ3n) is 6.18. The molecule has 1 aliphatic rings. The van der Waals surface area contributed by atoms with Crippen LogP contribution in [0.5, 0.6) is 5.75 Å². The van der Waals surface area contributed by atoms with Crippen LogP contribution in [0.3, 0.4) is 0 Å². The second-order valence-electron chi connectivity index (χ2n) is 8.17. The number of benzene rings is 2. The SMILES string of the molecule is CCN1CCN(CCCNC(=O)c2nn(-c3ccccc3OC)c(=O)c3ccccc23)CC1. The average molecular weight is 450 g/mol. The minimum atomic E-state index is -0.294. The van der Waals surface area contributed by atoms with Gasteiger partial charge in [-0.25, -0.2) is 0 Å². The fourth-order valence-electron chi connectivity index (χ4n) is 4.24. The van der Waals surface area contributed by atoms with Crippen LogP contribution in [0, 0.1) is 0 Å². The molecule has 33 heavy (non-hydrogen) atoms. The van der Waals surface area contributed by atoms with E-state index in [2.05, 4.69) is 27.1 Å². The van der Waals surface area contributed by atoms with E-state index in [1.165, 1.54) is 4.68 Å². The largest absolute Gasteiger partial charge is 0.494 e. The first-order valence-corrected chi connectivity index (χ1v) is 11.5. The van der Waals surface area contributed by atoms with E-state index < -0.39 is 0 Å². The van der Waals surface area contributed by atoms with E-state index in [0.29, 0.717) is 28.8 Å². The Balaban J connectivity index is 1.51. The summed E-state index contributed by atoms with van der Waals surface area (Å²) in [5.74, 6) is 0.225. The molecule has 0 atom stereocenters. The number of rotatable bonds is 8. The quantitative estimate of drug-likeness (QED) is 0.531. The van der Waals surface area contributed by atoms with Crippen molar-refractivity contribution < 1.29 is 9.53 Å². The molecule has 1 amide bonds. The van der Waals surface area contributed by atoms with Crippen LogP contribution in [0.2, 0.25) is 0 Å². The lowest BCUT2D eigenvalue weighted by Gasteiger charge is -2.33. The van der Waals surface area contributed by atoms with Gasteiger partial charge >= 0.3 is 0 Å². The van der Waals surface area contributed by atoms with Crippen molar-refractivity contribution in [3.8, 4) is 11.4 Å². The molecule has 0 radical (unpaired) electrons. The lowest BCUT2D eigenvalue weighted by molar-refractivity contribution is 0.0943. The molecule has 0 aliphatic carbocycles. The number of nitrogens with one attached hydrogen (secondary N) is 1. The molecule has 3 aromatic rings. The third-order valence-corrected chi connectivity index (χ3v) is 6.18. The molecular weight excluding hydrogens is 418 g/mol. The Morgan fingerprint density at radius 3 is 2.39 bits per heavy atom. The number of nitrogens with zero attached hydrogens (tertiary/aromatic N) is 4. The van der Waals surface area contributed by atoms with Gasteiger partial charge in [0.2, 0.25) is 0 Å². The average Bonchev–Trinajstić information content (AvgIpc) is 2.87. The van der Waals surface area contributed by atoms with E-state index >= 15 is 0 Å². The standard InChI is InChI=1S/C25H31N5O3/c1-3-28-15-17-29(18-16-28)14-8-13-26-24(31)23-19-9-4-5-10-20(19)25(32)30(27-23)21-11-6-7-12-22(21)33-2/h4-7,9-12H,3,8,13-18H2,1-2H3,(H,26,31). The smallest absolute Gasteiger partial charge is 0.279 e. The Morgan fingerprint density at radius 1 is 1.00 bits per heavy atom. The molecule has 174 valence electrons. The normalized spacial score (nSPS) is 15.0. The highest BCUT2D eigenvalue weighted by Crippen LogP contribution is 2.22. The van der Waals surface area contributed by atoms with Gasteiger partial charge in [0.05, 0.1) is 12.5 Å². The van der Waals surface area contributed by atoms with Gasteiger partial charge in [-0.2, -0.15) is 9.78 Å². The number of methoxy groups -OCH3 is 1. The van der Waals surface area contributed by atoms with Crippen molar-refractivity contribution in [2.75, 3.05) is 52.9 Å². The summed E-state index contributed by atoms with van der Waals surface area (Å²) in [4.78, 5) is 31.1. The summed E-state index contributed by atoms with van der Waals surface area (Å²) in [7, 11) is 1.54. The number of piperazine rings is 1. The van der Waals surface area contributed by atoms with Gasteiger partial charge in [0.25, 0.3) is 11.5 Å². The minimum Gasteiger partial charge on any atom is -0.494 e. The zero-order valence-corrected chi connectivity index (χ0v) is 19.3. The number of hydrogen-bond donors (Lipinski definition) is 1. The predicted octanol–water partition coefficient (Wildman–Crippen LogP) is 2.15. The van der Waals surface area contributed by atoms with Crippen LogP contribution in [-0.4, -0.2) is 78.4 Å². The van der Waals surface area contributed by atoms with Crippen LogP contribution >= 0.6 is 0 Å². The molecule has 0 saturated carbocycles. The molecule has 0 bridgehead atoms. The summed E-state index contributed by atoms with van der Waals surface area (Å²) in [6, 6.07) is 14.2. The van der Waals surface area contributed by atoms with Gasteiger partial charge in [0.15, 0.2) is 5.69 Å². The maximum Gasteiger partial charge on any atom is 0.279 e. The summed E-state index contributed by atoms with van der Waals surface area (Å²) < 4.78 is 6.66. The van der Waals surface area contributed by atoms with Crippen LogP contribution in [0.4, 0.5) is 0 Å². The molecule has 1 aliphatic heterocycles. The van der Waals surface area contributed by atoms with Gasteiger partial charge in [-0.15, -0.1) is 0 Å². The van der Waals surface area contributed by atoms with Crippen LogP contribution < -0.4 is 15.6 Å². The van der Waals surface area contributed by atoms with Crippen molar-refractivity contribution in [1.29, 1.82) is 0 Å². The maximum absolute atomic E-state index is 13.2. The van der Waals surface area contributed by atoms with Gasteiger partial charge in [-0.1, -0.05) is 37.3 Å². The maximum atomic E-state index is 13.2. The number of para-hydroxylation sites is 2. The Morgan fingerprint density at radius 2 is 1.67 bits per heavy atom. The zero-order chi connectivity index (χ0) is 23.2.